The summed E-state index contributed by atoms with van der Waals surface area (Å²) in [6.45, 7) is 2.38. The summed E-state index contributed by atoms with van der Waals surface area (Å²) in [6.07, 6.45) is 8.01. The van der Waals surface area contributed by atoms with Gasteiger partial charge in [-0.1, -0.05) is 43.0 Å². The number of carbonyl (C=O) groups excluding carboxylic acids is 2. The molecule has 2 amide bonds. The van der Waals surface area contributed by atoms with Crippen LogP contribution in [0.25, 0.3) is 0 Å². The second-order valence-electron chi connectivity index (χ2n) is 8.97. The van der Waals surface area contributed by atoms with E-state index in [1.54, 1.807) is 24.3 Å². The molecule has 1 saturated carbocycles. The fourth-order valence-corrected chi connectivity index (χ4v) is 4.93. The molecule has 4 rings (SSSR count). The lowest BCUT2D eigenvalue weighted by Crippen LogP contribution is -2.45. The van der Waals surface area contributed by atoms with Crippen LogP contribution in [0.2, 0.25) is 5.02 Å². The Balaban J connectivity index is 1.31. The van der Waals surface area contributed by atoms with Crippen molar-refractivity contribution in [1.82, 2.24) is 10.6 Å². The van der Waals surface area contributed by atoms with Gasteiger partial charge in [0.25, 0.3) is 11.8 Å². The molecule has 0 unspecified atom stereocenters. The Labute approximate surface area is 195 Å². The van der Waals surface area contributed by atoms with E-state index >= 15 is 0 Å². The van der Waals surface area contributed by atoms with E-state index in [0.29, 0.717) is 16.5 Å². The van der Waals surface area contributed by atoms with Gasteiger partial charge in [0.05, 0.1) is 5.56 Å². The Morgan fingerprint density at radius 1 is 0.875 bits per heavy atom. The molecule has 0 radical (unpaired) electrons. The first-order valence-corrected chi connectivity index (χ1v) is 12.2. The molecule has 5 nitrogen and oxygen atoms in total. The molecule has 1 heterocycles. The molecule has 0 spiro atoms. The standard InChI is InChI=1S/C26H32ClN3O2/c27-21-12-10-20(11-13-21)25(31)29-22-14-16-30(17-15-22)24-9-5-4-8-23(24)26(32)28-18-19-6-2-1-3-7-19/h4-5,8-13,19,22H,1-3,6-7,14-18H2,(H,28,32)(H,29,31). The fourth-order valence-electron chi connectivity index (χ4n) is 4.80. The largest absolute Gasteiger partial charge is 0.371 e. The molecular weight excluding hydrogens is 422 g/mol. The smallest absolute Gasteiger partial charge is 0.253 e. The molecule has 6 heteroatoms. The van der Waals surface area contributed by atoms with Gasteiger partial charge >= 0.3 is 0 Å². The van der Waals surface area contributed by atoms with Crippen LogP contribution >= 0.6 is 11.6 Å². The summed E-state index contributed by atoms with van der Waals surface area (Å²) in [5.41, 5.74) is 2.35. The molecule has 2 N–H and O–H groups in total. The molecule has 0 atom stereocenters. The minimum absolute atomic E-state index is 0.0179. The van der Waals surface area contributed by atoms with Gasteiger partial charge in [-0.25, -0.2) is 0 Å². The van der Waals surface area contributed by atoms with Crippen LogP contribution in [-0.4, -0.2) is 37.5 Å². The Kier molecular flexibility index (Phi) is 7.69. The molecule has 2 fully saturated rings. The third-order valence-corrected chi connectivity index (χ3v) is 6.95. The number of nitrogens with zero attached hydrogens (tertiary/aromatic N) is 1. The third kappa shape index (κ3) is 5.83. The van der Waals surface area contributed by atoms with Crippen LogP contribution in [0.5, 0.6) is 0 Å². The number of benzene rings is 2. The van der Waals surface area contributed by atoms with Crippen LogP contribution in [0.15, 0.2) is 48.5 Å². The highest BCUT2D eigenvalue weighted by molar-refractivity contribution is 6.30. The van der Waals surface area contributed by atoms with Crippen LogP contribution in [-0.2, 0) is 0 Å². The topological polar surface area (TPSA) is 61.4 Å². The van der Waals surface area contributed by atoms with Crippen molar-refractivity contribution in [3.8, 4) is 0 Å². The highest BCUT2D eigenvalue weighted by atomic mass is 35.5. The summed E-state index contributed by atoms with van der Waals surface area (Å²) in [5.74, 6) is 0.562. The molecule has 0 bridgehead atoms. The van der Waals surface area contributed by atoms with E-state index in [9.17, 15) is 9.59 Å². The second kappa shape index (κ2) is 10.9. The summed E-state index contributed by atoms with van der Waals surface area (Å²) < 4.78 is 0. The minimum Gasteiger partial charge on any atom is -0.371 e. The summed E-state index contributed by atoms with van der Waals surface area (Å²) in [5, 5.41) is 6.93. The molecular formula is C26H32ClN3O2. The summed E-state index contributed by atoms with van der Waals surface area (Å²) >= 11 is 5.91. The first kappa shape index (κ1) is 22.7. The number of carbonyl (C=O) groups is 2. The van der Waals surface area contributed by atoms with E-state index in [4.69, 9.17) is 11.6 Å². The van der Waals surface area contributed by atoms with Gasteiger partial charge in [0.2, 0.25) is 0 Å². The second-order valence-corrected chi connectivity index (χ2v) is 9.41. The number of anilines is 1. The monoisotopic (exact) mass is 453 g/mol. The fraction of sp³-hybridized carbons (Fsp3) is 0.462. The zero-order chi connectivity index (χ0) is 22.3. The van der Waals surface area contributed by atoms with E-state index in [0.717, 1.165) is 43.7 Å². The number of rotatable bonds is 6. The first-order chi connectivity index (χ1) is 15.6. The number of piperidine rings is 1. The summed E-state index contributed by atoms with van der Waals surface area (Å²) in [4.78, 5) is 27.7. The van der Waals surface area contributed by atoms with Gasteiger partial charge in [0, 0.05) is 41.9 Å². The molecule has 2 aliphatic rings. The number of hydrogen-bond acceptors (Lipinski definition) is 3. The van der Waals surface area contributed by atoms with Gasteiger partial charge < -0.3 is 15.5 Å². The maximum atomic E-state index is 12.9. The maximum Gasteiger partial charge on any atom is 0.253 e. The number of halogens is 1. The lowest BCUT2D eigenvalue weighted by molar-refractivity contribution is 0.0929. The van der Waals surface area contributed by atoms with Gasteiger partial charge in [0.15, 0.2) is 0 Å². The van der Waals surface area contributed by atoms with E-state index in [1.165, 1.54) is 32.1 Å². The van der Waals surface area contributed by atoms with Crippen molar-refractivity contribution in [1.29, 1.82) is 0 Å². The maximum absolute atomic E-state index is 12.9. The molecule has 0 aromatic heterocycles. The average Bonchev–Trinajstić information content (AvgIpc) is 2.84. The van der Waals surface area contributed by atoms with Crippen LogP contribution in [0.1, 0.15) is 65.7 Å². The van der Waals surface area contributed by atoms with Crippen LogP contribution < -0.4 is 15.5 Å². The average molecular weight is 454 g/mol. The van der Waals surface area contributed by atoms with Crippen molar-refractivity contribution in [2.24, 2.45) is 5.92 Å². The lowest BCUT2D eigenvalue weighted by atomic mass is 9.89. The van der Waals surface area contributed by atoms with Gasteiger partial charge in [-0.05, 0) is 68.0 Å². The number of amides is 2. The molecule has 1 aliphatic carbocycles. The van der Waals surface area contributed by atoms with Crippen molar-refractivity contribution in [3.05, 3.63) is 64.7 Å². The third-order valence-electron chi connectivity index (χ3n) is 6.70. The van der Waals surface area contributed by atoms with Crippen LogP contribution in [0.4, 0.5) is 5.69 Å². The predicted octanol–water partition coefficient (Wildman–Crippen LogP) is 5.05. The van der Waals surface area contributed by atoms with E-state index in [-0.39, 0.29) is 17.9 Å². The zero-order valence-corrected chi connectivity index (χ0v) is 19.2. The molecule has 1 saturated heterocycles. The number of hydrogen-bond donors (Lipinski definition) is 2. The summed E-state index contributed by atoms with van der Waals surface area (Å²) in [6, 6.07) is 14.9. The van der Waals surface area contributed by atoms with Gasteiger partial charge in [0.1, 0.15) is 0 Å². The SMILES string of the molecule is O=C(NC1CCN(c2ccccc2C(=O)NCC2CCCCC2)CC1)c1ccc(Cl)cc1. The Hall–Kier alpha value is -2.53. The lowest BCUT2D eigenvalue weighted by Gasteiger charge is -2.35. The normalized spacial score (nSPS) is 17.7. The quantitative estimate of drug-likeness (QED) is 0.643. The van der Waals surface area contributed by atoms with Crippen molar-refractivity contribution in [2.75, 3.05) is 24.5 Å². The first-order valence-electron chi connectivity index (χ1n) is 11.8. The van der Waals surface area contributed by atoms with E-state index < -0.39 is 0 Å². The Morgan fingerprint density at radius 3 is 2.28 bits per heavy atom. The number of para-hydroxylation sites is 1. The van der Waals surface area contributed by atoms with Gasteiger partial charge in [-0.3, -0.25) is 9.59 Å². The van der Waals surface area contributed by atoms with Crippen LogP contribution in [0, 0.1) is 5.92 Å². The molecule has 2 aromatic rings. The number of nitrogens with one attached hydrogen (secondary N) is 2. The van der Waals surface area contributed by atoms with Gasteiger partial charge in [-0.2, -0.15) is 0 Å². The molecule has 2 aromatic carbocycles. The molecule has 1 aliphatic heterocycles. The van der Waals surface area contributed by atoms with E-state index in [1.807, 2.05) is 24.3 Å². The van der Waals surface area contributed by atoms with Crippen molar-refractivity contribution < 1.29 is 9.59 Å². The highest BCUT2D eigenvalue weighted by Crippen LogP contribution is 2.26. The van der Waals surface area contributed by atoms with Crippen molar-refractivity contribution >= 4 is 29.1 Å². The van der Waals surface area contributed by atoms with Gasteiger partial charge in [-0.15, -0.1) is 0 Å². The van der Waals surface area contributed by atoms with Crippen molar-refractivity contribution in [3.63, 3.8) is 0 Å². The zero-order valence-electron chi connectivity index (χ0n) is 18.5. The van der Waals surface area contributed by atoms with Crippen LogP contribution in [0.3, 0.4) is 0 Å². The Morgan fingerprint density at radius 2 is 1.56 bits per heavy atom. The summed E-state index contributed by atoms with van der Waals surface area (Å²) in [7, 11) is 0. The predicted molar refractivity (Wildman–Crippen MR) is 130 cm³/mol. The highest BCUT2D eigenvalue weighted by Gasteiger charge is 2.24. The molecule has 170 valence electrons. The minimum atomic E-state index is -0.0670. The van der Waals surface area contributed by atoms with Crippen molar-refractivity contribution in [2.45, 2.75) is 51.0 Å². The Bertz CT molecular complexity index is 917. The molecule has 32 heavy (non-hydrogen) atoms. The van der Waals surface area contributed by atoms with E-state index in [2.05, 4.69) is 15.5 Å².